The van der Waals surface area contributed by atoms with E-state index >= 15 is 0 Å². The number of halogens is 1. The number of para-hydroxylation sites is 1. The fraction of sp³-hybridized carbons (Fsp3) is 0.0500. The average molecular weight is 394 g/mol. The smallest absolute Gasteiger partial charge is 0.291 e. The maximum atomic E-state index is 12.7. The normalized spacial score (nSPS) is 14.1. The molecule has 0 saturated carbocycles. The van der Waals surface area contributed by atoms with Gasteiger partial charge in [0.2, 0.25) is 4.96 Å². The van der Waals surface area contributed by atoms with Gasteiger partial charge in [0, 0.05) is 16.1 Å². The summed E-state index contributed by atoms with van der Waals surface area (Å²) in [6, 6.07) is 15.1. The van der Waals surface area contributed by atoms with Gasteiger partial charge in [-0.3, -0.25) is 4.79 Å². The number of hydrogen-bond donors (Lipinski definition) is 0. The third kappa shape index (κ3) is 2.93. The molecule has 2 aromatic heterocycles. The number of ether oxygens (including phenoxy) is 1. The van der Waals surface area contributed by atoms with Gasteiger partial charge >= 0.3 is 0 Å². The van der Waals surface area contributed by atoms with Crippen molar-refractivity contribution in [2.45, 2.75) is 0 Å². The Morgan fingerprint density at radius 3 is 2.93 bits per heavy atom. The number of thiazole rings is 1. The first-order chi connectivity index (χ1) is 13.2. The van der Waals surface area contributed by atoms with Crippen LogP contribution in [0.2, 0.25) is 5.02 Å². The molecule has 3 heterocycles. The average Bonchev–Trinajstić information content (AvgIpc) is 3.22. The standard InChI is InChI=1S/C20H12ClN3O2S/c21-15-6-3-5-14(10-15)18-22-20-24(23-18)19(25)17(27-20)9-12-8-13-4-1-2-7-16(13)26-11-12/h1-10H,11H2. The second-order valence-corrected chi connectivity index (χ2v) is 7.55. The lowest BCUT2D eigenvalue weighted by atomic mass is 10.1. The Balaban J connectivity index is 1.57. The summed E-state index contributed by atoms with van der Waals surface area (Å²) >= 11 is 7.33. The molecule has 5 rings (SSSR count). The van der Waals surface area contributed by atoms with Gasteiger partial charge in [0.05, 0.1) is 4.53 Å². The topological polar surface area (TPSA) is 56.5 Å². The third-order valence-electron chi connectivity index (χ3n) is 4.24. The number of hydrogen-bond acceptors (Lipinski definition) is 5. The van der Waals surface area contributed by atoms with Gasteiger partial charge in [0.1, 0.15) is 12.4 Å². The van der Waals surface area contributed by atoms with Gasteiger partial charge in [-0.15, -0.1) is 5.10 Å². The number of rotatable bonds is 2. The molecule has 1 aliphatic rings. The van der Waals surface area contributed by atoms with Gasteiger partial charge in [-0.05, 0) is 35.9 Å². The van der Waals surface area contributed by atoms with Crippen LogP contribution in [0.4, 0.5) is 0 Å². The van der Waals surface area contributed by atoms with Crippen LogP contribution in [0.5, 0.6) is 5.75 Å². The minimum absolute atomic E-state index is 0.185. The van der Waals surface area contributed by atoms with Gasteiger partial charge in [-0.1, -0.05) is 53.3 Å². The molecule has 0 N–H and O–H groups in total. The first kappa shape index (κ1) is 16.2. The Labute approximate surface area is 162 Å². The predicted molar refractivity (Wildman–Crippen MR) is 107 cm³/mol. The van der Waals surface area contributed by atoms with Crippen LogP contribution in [0.3, 0.4) is 0 Å². The molecule has 5 nitrogen and oxygen atoms in total. The van der Waals surface area contributed by atoms with Gasteiger partial charge in [-0.25, -0.2) is 0 Å². The Morgan fingerprint density at radius 2 is 2.07 bits per heavy atom. The number of benzene rings is 2. The highest BCUT2D eigenvalue weighted by molar-refractivity contribution is 7.15. The van der Waals surface area contributed by atoms with E-state index in [4.69, 9.17) is 16.3 Å². The monoisotopic (exact) mass is 393 g/mol. The van der Waals surface area contributed by atoms with E-state index in [2.05, 4.69) is 10.1 Å². The Morgan fingerprint density at radius 1 is 1.19 bits per heavy atom. The molecule has 2 aromatic carbocycles. The SMILES string of the molecule is O=c1c(=CC2=Cc3ccccc3OC2)sc2nc(-c3cccc(Cl)c3)nn12. The highest BCUT2D eigenvalue weighted by atomic mass is 35.5. The summed E-state index contributed by atoms with van der Waals surface area (Å²) in [6.07, 6.45) is 3.88. The molecule has 0 bridgehead atoms. The molecular formula is C20H12ClN3O2S. The van der Waals surface area contributed by atoms with E-state index in [1.807, 2.05) is 48.6 Å². The fourth-order valence-electron chi connectivity index (χ4n) is 2.97. The molecule has 7 heteroatoms. The lowest BCUT2D eigenvalue weighted by Crippen LogP contribution is -2.24. The lowest BCUT2D eigenvalue weighted by Gasteiger charge is -2.15. The molecule has 27 heavy (non-hydrogen) atoms. The van der Waals surface area contributed by atoms with Gasteiger partial charge in [0.15, 0.2) is 5.82 Å². The van der Waals surface area contributed by atoms with E-state index in [1.165, 1.54) is 15.9 Å². The van der Waals surface area contributed by atoms with E-state index in [0.29, 0.717) is 26.9 Å². The van der Waals surface area contributed by atoms with Crippen molar-refractivity contribution in [2.24, 2.45) is 0 Å². The van der Waals surface area contributed by atoms with Crippen LogP contribution >= 0.6 is 22.9 Å². The second-order valence-electron chi connectivity index (χ2n) is 6.10. The zero-order valence-corrected chi connectivity index (χ0v) is 15.5. The zero-order chi connectivity index (χ0) is 18.4. The first-order valence-electron chi connectivity index (χ1n) is 8.27. The summed E-state index contributed by atoms with van der Waals surface area (Å²) in [5.74, 6) is 1.34. The van der Waals surface area contributed by atoms with E-state index in [9.17, 15) is 4.79 Å². The van der Waals surface area contributed by atoms with Crippen LogP contribution in [0, 0.1) is 0 Å². The van der Waals surface area contributed by atoms with Crippen molar-refractivity contribution in [1.82, 2.24) is 14.6 Å². The van der Waals surface area contributed by atoms with Gasteiger partial charge in [-0.2, -0.15) is 9.50 Å². The van der Waals surface area contributed by atoms with Crippen LogP contribution < -0.4 is 14.8 Å². The van der Waals surface area contributed by atoms with Crippen molar-refractivity contribution in [2.75, 3.05) is 6.61 Å². The van der Waals surface area contributed by atoms with Crippen LogP contribution in [0.1, 0.15) is 5.56 Å². The van der Waals surface area contributed by atoms with Crippen LogP contribution in [-0.4, -0.2) is 21.2 Å². The molecule has 0 fully saturated rings. The van der Waals surface area contributed by atoms with E-state index < -0.39 is 0 Å². The Kier molecular flexibility index (Phi) is 3.81. The van der Waals surface area contributed by atoms with E-state index in [-0.39, 0.29) is 5.56 Å². The number of aromatic nitrogens is 3. The molecule has 0 radical (unpaired) electrons. The third-order valence-corrected chi connectivity index (χ3v) is 5.43. The highest BCUT2D eigenvalue weighted by Crippen LogP contribution is 2.26. The molecular weight excluding hydrogens is 382 g/mol. The lowest BCUT2D eigenvalue weighted by molar-refractivity contribution is 0.352. The minimum atomic E-state index is -0.185. The molecule has 0 unspecified atom stereocenters. The first-order valence-corrected chi connectivity index (χ1v) is 9.46. The van der Waals surface area contributed by atoms with Crippen LogP contribution in [0.25, 0.3) is 28.5 Å². The Bertz CT molecular complexity index is 1320. The molecule has 0 saturated heterocycles. The predicted octanol–water partition coefficient (Wildman–Crippen LogP) is 3.45. The van der Waals surface area contributed by atoms with Gasteiger partial charge < -0.3 is 4.74 Å². The fourth-order valence-corrected chi connectivity index (χ4v) is 4.08. The summed E-state index contributed by atoms with van der Waals surface area (Å²) < 4.78 is 7.66. The van der Waals surface area contributed by atoms with E-state index in [0.717, 1.165) is 22.4 Å². The van der Waals surface area contributed by atoms with Crippen molar-refractivity contribution in [3.05, 3.63) is 79.6 Å². The van der Waals surface area contributed by atoms with E-state index in [1.54, 1.807) is 12.1 Å². The molecule has 1 aliphatic heterocycles. The van der Waals surface area contributed by atoms with Crippen molar-refractivity contribution in [3.63, 3.8) is 0 Å². The zero-order valence-electron chi connectivity index (χ0n) is 13.9. The largest absolute Gasteiger partial charge is 0.488 e. The van der Waals surface area contributed by atoms with Crippen LogP contribution in [0.15, 0.2) is 58.9 Å². The second kappa shape index (κ2) is 6.33. The summed E-state index contributed by atoms with van der Waals surface area (Å²) in [7, 11) is 0. The molecule has 0 aliphatic carbocycles. The molecule has 0 spiro atoms. The molecule has 0 atom stereocenters. The quantitative estimate of drug-likeness (QED) is 0.523. The maximum Gasteiger partial charge on any atom is 0.291 e. The summed E-state index contributed by atoms with van der Waals surface area (Å²) in [4.78, 5) is 17.7. The van der Waals surface area contributed by atoms with Crippen molar-refractivity contribution >= 4 is 40.1 Å². The molecule has 0 amide bonds. The van der Waals surface area contributed by atoms with Crippen molar-refractivity contribution in [3.8, 4) is 17.1 Å². The number of nitrogens with zero attached hydrogens (tertiary/aromatic N) is 3. The number of fused-ring (bicyclic) bond motifs is 2. The summed E-state index contributed by atoms with van der Waals surface area (Å²) in [5, 5.41) is 4.95. The van der Waals surface area contributed by atoms with Gasteiger partial charge in [0.25, 0.3) is 5.56 Å². The summed E-state index contributed by atoms with van der Waals surface area (Å²) in [5.41, 5.74) is 2.54. The van der Waals surface area contributed by atoms with Crippen molar-refractivity contribution < 1.29 is 4.74 Å². The Hall–Kier alpha value is -2.96. The molecule has 4 aromatic rings. The van der Waals surface area contributed by atoms with Crippen molar-refractivity contribution in [1.29, 1.82) is 0 Å². The minimum Gasteiger partial charge on any atom is -0.488 e. The maximum absolute atomic E-state index is 12.7. The van der Waals surface area contributed by atoms with Crippen LogP contribution in [-0.2, 0) is 0 Å². The molecule has 132 valence electrons. The highest BCUT2D eigenvalue weighted by Gasteiger charge is 2.14. The summed E-state index contributed by atoms with van der Waals surface area (Å²) in [6.45, 7) is 0.428.